The zero-order valence-corrected chi connectivity index (χ0v) is 8.80. The summed E-state index contributed by atoms with van der Waals surface area (Å²) in [6.45, 7) is 2.97. The Morgan fingerprint density at radius 1 is 1.40 bits per heavy atom. The van der Waals surface area contributed by atoms with Gasteiger partial charge in [-0.15, -0.1) is 0 Å². The predicted octanol–water partition coefficient (Wildman–Crippen LogP) is 3.50. The highest BCUT2D eigenvalue weighted by Gasteiger charge is 2.35. The monoisotopic (exact) mass is 209 g/mol. The van der Waals surface area contributed by atoms with Gasteiger partial charge >= 0.3 is 0 Å². The number of alkyl halides is 2. The number of hydrogen-bond donors (Lipinski definition) is 0. The third kappa shape index (κ3) is 2.53. The normalized spacial score (nSPS) is 11.5. The molecule has 0 aliphatic heterocycles. The molecule has 0 aliphatic rings. The highest BCUT2D eigenvalue weighted by Crippen LogP contribution is 2.35. The van der Waals surface area contributed by atoms with Crippen LogP contribution in [-0.2, 0) is 12.3 Å². The van der Waals surface area contributed by atoms with E-state index in [1.54, 1.807) is 12.1 Å². The van der Waals surface area contributed by atoms with Crippen LogP contribution < -0.4 is 0 Å². The fraction of sp³-hybridized carbons (Fsp3) is 0.417. The number of nitrogens with zero attached hydrogens (tertiary/aromatic N) is 1. The Morgan fingerprint density at radius 3 is 2.60 bits per heavy atom. The van der Waals surface area contributed by atoms with Crippen molar-refractivity contribution < 1.29 is 8.78 Å². The molecule has 1 nitrogen and oxygen atoms in total. The number of benzene rings is 1. The van der Waals surface area contributed by atoms with Gasteiger partial charge in [-0.1, -0.05) is 32.0 Å². The first kappa shape index (κ1) is 11.6. The van der Waals surface area contributed by atoms with Gasteiger partial charge < -0.3 is 0 Å². The van der Waals surface area contributed by atoms with Crippen molar-refractivity contribution in [3.8, 4) is 6.07 Å². The van der Waals surface area contributed by atoms with Crippen molar-refractivity contribution in [3.05, 3.63) is 35.4 Å². The second kappa shape index (κ2) is 4.39. The largest absolute Gasteiger partial charge is 0.275 e. The summed E-state index contributed by atoms with van der Waals surface area (Å²) < 4.78 is 27.2. The maximum absolute atomic E-state index is 13.6. The molecule has 0 unspecified atom stereocenters. The van der Waals surface area contributed by atoms with E-state index in [4.69, 9.17) is 5.26 Å². The van der Waals surface area contributed by atoms with Crippen molar-refractivity contribution in [2.75, 3.05) is 0 Å². The Kier molecular flexibility index (Phi) is 3.41. The number of rotatable bonds is 3. The van der Waals surface area contributed by atoms with Gasteiger partial charge in [0.2, 0.25) is 0 Å². The molecule has 1 aromatic carbocycles. The Bertz CT molecular complexity index is 377. The van der Waals surface area contributed by atoms with Crippen LogP contribution in [0.2, 0.25) is 0 Å². The Balaban J connectivity index is 3.05. The maximum atomic E-state index is 13.6. The molecule has 0 amide bonds. The summed E-state index contributed by atoms with van der Waals surface area (Å²) >= 11 is 0. The minimum Gasteiger partial charge on any atom is -0.201 e. The average molecular weight is 209 g/mol. The molecule has 15 heavy (non-hydrogen) atoms. The molecule has 0 radical (unpaired) electrons. The third-order valence-electron chi connectivity index (χ3n) is 2.32. The van der Waals surface area contributed by atoms with E-state index in [-0.39, 0.29) is 12.0 Å². The molecule has 0 saturated heterocycles. The van der Waals surface area contributed by atoms with E-state index >= 15 is 0 Å². The minimum absolute atomic E-state index is 0.00903. The molecule has 1 rings (SSSR count). The molecule has 0 fully saturated rings. The highest BCUT2D eigenvalue weighted by atomic mass is 19.3. The maximum Gasteiger partial charge on any atom is 0.275 e. The number of hydrogen-bond acceptors (Lipinski definition) is 1. The van der Waals surface area contributed by atoms with Crippen LogP contribution in [0.3, 0.4) is 0 Å². The third-order valence-corrected chi connectivity index (χ3v) is 2.32. The van der Waals surface area contributed by atoms with Gasteiger partial charge in [-0.3, -0.25) is 0 Å². The van der Waals surface area contributed by atoms with Gasteiger partial charge in [0.25, 0.3) is 5.92 Å². The second-order valence-electron chi connectivity index (χ2n) is 3.81. The molecule has 0 heterocycles. The van der Waals surface area contributed by atoms with E-state index in [2.05, 4.69) is 0 Å². The summed E-state index contributed by atoms with van der Waals surface area (Å²) in [5, 5.41) is 8.49. The molecule has 0 saturated carbocycles. The topological polar surface area (TPSA) is 23.8 Å². The van der Waals surface area contributed by atoms with Crippen molar-refractivity contribution in [2.24, 2.45) is 5.92 Å². The Morgan fingerprint density at radius 2 is 2.07 bits per heavy atom. The lowest BCUT2D eigenvalue weighted by Crippen LogP contribution is -2.20. The molecule has 80 valence electrons. The molecule has 1 aromatic rings. The first-order chi connectivity index (χ1) is 6.98. The Labute approximate surface area is 88.3 Å². The summed E-state index contributed by atoms with van der Waals surface area (Å²) in [5.41, 5.74) is 0.626. The zero-order chi connectivity index (χ0) is 11.5. The molecular weight excluding hydrogens is 196 g/mol. The fourth-order valence-corrected chi connectivity index (χ4v) is 1.31. The van der Waals surface area contributed by atoms with Crippen LogP contribution in [0, 0.1) is 17.2 Å². The van der Waals surface area contributed by atoms with Gasteiger partial charge in [-0.2, -0.15) is 5.26 Å². The molecule has 0 bridgehead atoms. The summed E-state index contributed by atoms with van der Waals surface area (Å²) in [6, 6.07) is 8.01. The SMILES string of the molecule is CC(C)C(F)(F)c1cccc(CC#N)c1. The fourth-order valence-electron chi connectivity index (χ4n) is 1.31. The first-order valence-electron chi connectivity index (χ1n) is 4.82. The van der Waals surface area contributed by atoms with Crippen LogP contribution in [0.25, 0.3) is 0 Å². The van der Waals surface area contributed by atoms with Crippen LogP contribution in [-0.4, -0.2) is 0 Å². The van der Waals surface area contributed by atoms with E-state index in [1.807, 2.05) is 6.07 Å². The summed E-state index contributed by atoms with van der Waals surface area (Å²) in [6.07, 6.45) is 0.169. The van der Waals surface area contributed by atoms with Gasteiger partial charge in [0, 0.05) is 11.5 Å². The minimum atomic E-state index is -2.83. The second-order valence-corrected chi connectivity index (χ2v) is 3.81. The van der Waals surface area contributed by atoms with E-state index in [0.717, 1.165) is 0 Å². The molecule has 0 aromatic heterocycles. The van der Waals surface area contributed by atoms with Crippen molar-refractivity contribution in [3.63, 3.8) is 0 Å². The van der Waals surface area contributed by atoms with Crippen molar-refractivity contribution >= 4 is 0 Å². The van der Waals surface area contributed by atoms with Crippen LogP contribution >= 0.6 is 0 Å². The first-order valence-corrected chi connectivity index (χ1v) is 4.82. The van der Waals surface area contributed by atoms with Crippen molar-refractivity contribution in [2.45, 2.75) is 26.2 Å². The summed E-state index contributed by atoms with van der Waals surface area (Å²) in [7, 11) is 0. The zero-order valence-electron chi connectivity index (χ0n) is 8.80. The molecule has 0 N–H and O–H groups in total. The molecular formula is C12H13F2N. The number of nitriles is 1. The van der Waals surface area contributed by atoms with Crippen LogP contribution in [0.1, 0.15) is 25.0 Å². The lowest BCUT2D eigenvalue weighted by molar-refractivity contribution is -0.0514. The van der Waals surface area contributed by atoms with Crippen LogP contribution in [0.4, 0.5) is 8.78 Å². The van der Waals surface area contributed by atoms with Gasteiger partial charge in [-0.25, -0.2) is 8.78 Å². The molecule has 0 spiro atoms. The van der Waals surface area contributed by atoms with Crippen molar-refractivity contribution in [1.29, 1.82) is 5.26 Å². The van der Waals surface area contributed by atoms with Gasteiger partial charge in [0.15, 0.2) is 0 Å². The van der Waals surface area contributed by atoms with E-state index < -0.39 is 11.8 Å². The quantitative estimate of drug-likeness (QED) is 0.747. The van der Waals surface area contributed by atoms with Crippen LogP contribution in [0.15, 0.2) is 24.3 Å². The predicted molar refractivity (Wildman–Crippen MR) is 54.5 cm³/mol. The van der Waals surface area contributed by atoms with Crippen LogP contribution in [0.5, 0.6) is 0 Å². The van der Waals surface area contributed by atoms with E-state index in [0.29, 0.717) is 5.56 Å². The average Bonchev–Trinajstić information content (AvgIpc) is 2.18. The molecule has 3 heteroatoms. The molecule has 0 aliphatic carbocycles. The Hall–Kier alpha value is -1.43. The highest BCUT2D eigenvalue weighted by molar-refractivity contribution is 5.28. The van der Waals surface area contributed by atoms with Gasteiger partial charge in [0.1, 0.15) is 0 Å². The number of halogens is 2. The van der Waals surface area contributed by atoms with E-state index in [9.17, 15) is 8.78 Å². The van der Waals surface area contributed by atoms with Gasteiger partial charge in [-0.05, 0) is 11.6 Å². The lowest BCUT2D eigenvalue weighted by Gasteiger charge is -2.21. The summed E-state index contributed by atoms with van der Waals surface area (Å²) in [5.74, 6) is -3.57. The summed E-state index contributed by atoms with van der Waals surface area (Å²) in [4.78, 5) is 0. The van der Waals surface area contributed by atoms with Crippen molar-refractivity contribution in [1.82, 2.24) is 0 Å². The smallest absolute Gasteiger partial charge is 0.201 e. The standard InChI is InChI=1S/C12H13F2N/c1-9(2)12(13,14)11-5-3-4-10(8-11)6-7-15/h3-5,8-9H,6H2,1-2H3. The lowest BCUT2D eigenvalue weighted by atomic mass is 9.96. The van der Waals surface area contributed by atoms with E-state index in [1.165, 1.54) is 26.0 Å². The molecule has 0 atom stereocenters. The van der Waals surface area contributed by atoms with Gasteiger partial charge in [0.05, 0.1) is 12.5 Å².